The lowest BCUT2D eigenvalue weighted by molar-refractivity contribution is 0.216. The van der Waals surface area contributed by atoms with E-state index in [-0.39, 0.29) is 6.03 Å². The number of rotatable bonds is 1. The Morgan fingerprint density at radius 1 is 1.47 bits per heavy atom. The van der Waals surface area contributed by atoms with Crippen molar-refractivity contribution in [2.75, 3.05) is 25.0 Å². The zero-order valence-electron chi connectivity index (χ0n) is 9.76. The number of hydrogen-bond donors (Lipinski definition) is 0. The van der Waals surface area contributed by atoms with Gasteiger partial charge in [-0.1, -0.05) is 6.07 Å². The standard InChI is InChI=1S/C12H14N4O/c1-15(12(17)16-7-2-3-8-16)11-6-4-5-10(9-13)14-11/h4-6H,2-3,7-8H2,1H3. The highest BCUT2D eigenvalue weighted by molar-refractivity contribution is 5.90. The molecule has 0 N–H and O–H groups in total. The quantitative estimate of drug-likeness (QED) is 0.736. The molecule has 5 nitrogen and oxygen atoms in total. The van der Waals surface area contributed by atoms with E-state index < -0.39 is 0 Å². The summed E-state index contributed by atoms with van der Waals surface area (Å²) >= 11 is 0. The molecule has 1 aliphatic heterocycles. The fourth-order valence-electron chi connectivity index (χ4n) is 1.89. The van der Waals surface area contributed by atoms with Crippen molar-refractivity contribution in [3.8, 4) is 6.07 Å². The third-order valence-electron chi connectivity index (χ3n) is 2.86. The number of carbonyl (C=O) groups excluding carboxylic acids is 1. The van der Waals surface area contributed by atoms with Gasteiger partial charge in [-0.2, -0.15) is 5.26 Å². The Labute approximate surface area is 100 Å². The summed E-state index contributed by atoms with van der Waals surface area (Å²) < 4.78 is 0. The number of nitriles is 1. The molecule has 0 bridgehead atoms. The Morgan fingerprint density at radius 2 is 2.18 bits per heavy atom. The van der Waals surface area contributed by atoms with Crippen molar-refractivity contribution in [3.63, 3.8) is 0 Å². The van der Waals surface area contributed by atoms with Gasteiger partial charge < -0.3 is 4.90 Å². The number of anilines is 1. The van der Waals surface area contributed by atoms with Gasteiger partial charge in [0.2, 0.25) is 0 Å². The Balaban J connectivity index is 2.15. The Kier molecular flexibility index (Phi) is 3.24. The maximum Gasteiger partial charge on any atom is 0.325 e. The topological polar surface area (TPSA) is 60.2 Å². The van der Waals surface area contributed by atoms with Crippen LogP contribution in [-0.4, -0.2) is 36.1 Å². The van der Waals surface area contributed by atoms with E-state index in [1.165, 1.54) is 4.90 Å². The lowest BCUT2D eigenvalue weighted by atomic mass is 10.3. The SMILES string of the molecule is CN(C(=O)N1CCCC1)c1cccc(C#N)n1. The van der Waals surface area contributed by atoms with Gasteiger partial charge in [-0.3, -0.25) is 4.90 Å². The summed E-state index contributed by atoms with van der Waals surface area (Å²) in [6, 6.07) is 7.00. The molecule has 0 aliphatic carbocycles. The van der Waals surface area contributed by atoms with Crippen LogP contribution in [-0.2, 0) is 0 Å². The van der Waals surface area contributed by atoms with E-state index in [0.29, 0.717) is 11.5 Å². The molecule has 0 aromatic carbocycles. The summed E-state index contributed by atoms with van der Waals surface area (Å²) in [5.74, 6) is 0.515. The maximum absolute atomic E-state index is 12.1. The van der Waals surface area contributed by atoms with Gasteiger partial charge in [-0.25, -0.2) is 9.78 Å². The number of amides is 2. The van der Waals surface area contributed by atoms with E-state index in [2.05, 4.69) is 4.98 Å². The van der Waals surface area contributed by atoms with Crippen molar-refractivity contribution in [3.05, 3.63) is 23.9 Å². The Morgan fingerprint density at radius 3 is 2.82 bits per heavy atom. The summed E-state index contributed by atoms with van der Waals surface area (Å²) in [5, 5.41) is 8.77. The fourth-order valence-corrected chi connectivity index (χ4v) is 1.89. The van der Waals surface area contributed by atoms with E-state index in [9.17, 15) is 4.79 Å². The highest BCUT2D eigenvalue weighted by Gasteiger charge is 2.22. The average molecular weight is 230 g/mol. The van der Waals surface area contributed by atoms with E-state index in [4.69, 9.17) is 5.26 Å². The maximum atomic E-state index is 12.1. The van der Waals surface area contributed by atoms with Crippen LogP contribution in [0.3, 0.4) is 0 Å². The van der Waals surface area contributed by atoms with Crippen LogP contribution in [0.5, 0.6) is 0 Å². The van der Waals surface area contributed by atoms with Gasteiger partial charge in [0.05, 0.1) is 0 Å². The number of pyridine rings is 1. The van der Waals surface area contributed by atoms with Crippen molar-refractivity contribution in [1.82, 2.24) is 9.88 Å². The van der Waals surface area contributed by atoms with E-state index in [0.717, 1.165) is 25.9 Å². The predicted octanol–water partition coefficient (Wildman–Crippen LogP) is 1.61. The van der Waals surface area contributed by atoms with Crippen molar-refractivity contribution in [1.29, 1.82) is 5.26 Å². The second kappa shape index (κ2) is 4.83. The Bertz CT molecular complexity index is 460. The van der Waals surface area contributed by atoms with Gasteiger partial charge in [0.15, 0.2) is 0 Å². The van der Waals surface area contributed by atoms with E-state index in [1.54, 1.807) is 30.1 Å². The molecular formula is C12H14N4O. The van der Waals surface area contributed by atoms with Crippen LogP contribution in [0.4, 0.5) is 10.6 Å². The summed E-state index contributed by atoms with van der Waals surface area (Å²) in [5.41, 5.74) is 0.323. The smallest absolute Gasteiger partial charge is 0.324 e. The van der Waals surface area contributed by atoms with E-state index in [1.807, 2.05) is 6.07 Å². The molecule has 1 aliphatic rings. The molecule has 17 heavy (non-hydrogen) atoms. The third kappa shape index (κ3) is 2.36. The zero-order valence-corrected chi connectivity index (χ0v) is 9.76. The first-order valence-corrected chi connectivity index (χ1v) is 5.62. The molecule has 2 amide bonds. The second-order valence-corrected chi connectivity index (χ2v) is 4.03. The number of nitrogens with zero attached hydrogens (tertiary/aromatic N) is 4. The highest BCUT2D eigenvalue weighted by Crippen LogP contribution is 2.15. The van der Waals surface area contributed by atoms with Crippen molar-refractivity contribution < 1.29 is 4.79 Å². The molecule has 0 radical (unpaired) electrons. The van der Waals surface area contributed by atoms with Gasteiger partial charge in [-0.05, 0) is 25.0 Å². The normalized spacial score (nSPS) is 14.5. The van der Waals surface area contributed by atoms with Gasteiger partial charge in [0.25, 0.3) is 0 Å². The summed E-state index contributed by atoms with van der Waals surface area (Å²) in [4.78, 5) is 19.5. The van der Waals surface area contributed by atoms with E-state index >= 15 is 0 Å². The minimum Gasteiger partial charge on any atom is -0.324 e. The molecule has 2 heterocycles. The van der Waals surface area contributed by atoms with Gasteiger partial charge in [-0.15, -0.1) is 0 Å². The number of likely N-dealkylation sites (tertiary alicyclic amines) is 1. The fraction of sp³-hybridized carbons (Fsp3) is 0.417. The van der Waals surface area contributed by atoms with Gasteiger partial charge in [0.1, 0.15) is 17.6 Å². The van der Waals surface area contributed by atoms with Crippen LogP contribution in [0, 0.1) is 11.3 Å². The van der Waals surface area contributed by atoms with Crippen molar-refractivity contribution in [2.45, 2.75) is 12.8 Å². The summed E-state index contributed by atoms with van der Waals surface area (Å²) in [6.45, 7) is 1.61. The molecule has 2 rings (SSSR count). The van der Waals surface area contributed by atoms with Crippen LogP contribution in [0.1, 0.15) is 18.5 Å². The van der Waals surface area contributed by atoms with Crippen molar-refractivity contribution in [2.24, 2.45) is 0 Å². The first-order valence-electron chi connectivity index (χ1n) is 5.62. The van der Waals surface area contributed by atoms with Gasteiger partial charge in [0, 0.05) is 20.1 Å². The number of aromatic nitrogens is 1. The lowest BCUT2D eigenvalue weighted by Crippen LogP contribution is -2.39. The molecule has 5 heteroatoms. The van der Waals surface area contributed by atoms with Crippen LogP contribution in [0.15, 0.2) is 18.2 Å². The molecular weight excluding hydrogens is 216 g/mol. The molecule has 0 spiro atoms. The molecule has 1 aromatic rings. The first-order chi connectivity index (χ1) is 8.22. The number of urea groups is 1. The molecule has 1 aromatic heterocycles. The third-order valence-corrected chi connectivity index (χ3v) is 2.86. The largest absolute Gasteiger partial charge is 0.325 e. The summed E-state index contributed by atoms with van der Waals surface area (Å²) in [7, 11) is 1.68. The summed E-state index contributed by atoms with van der Waals surface area (Å²) in [6.07, 6.45) is 2.12. The van der Waals surface area contributed by atoms with Crippen LogP contribution in [0.2, 0.25) is 0 Å². The molecule has 0 atom stereocenters. The first kappa shape index (κ1) is 11.4. The number of carbonyl (C=O) groups is 1. The van der Waals surface area contributed by atoms with Crippen LogP contribution in [0.25, 0.3) is 0 Å². The van der Waals surface area contributed by atoms with Crippen LogP contribution < -0.4 is 4.90 Å². The molecule has 0 unspecified atom stereocenters. The zero-order chi connectivity index (χ0) is 12.3. The molecule has 0 saturated carbocycles. The number of hydrogen-bond acceptors (Lipinski definition) is 3. The minimum absolute atomic E-state index is 0.0508. The Hall–Kier alpha value is -2.09. The minimum atomic E-state index is -0.0508. The van der Waals surface area contributed by atoms with Crippen LogP contribution >= 0.6 is 0 Å². The molecule has 1 saturated heterocycles. The lowest BCUT2D eigenvalue weighted by Gasteiger charge is -2.23. The van der Waals surface area contributed by atoms with Crippen molar-refractivity contribution >= 4 is 11.8 Å². The molecule has 88 valence electrons. The molecule has 1 fully saturated rings. The predicted molar refractivity (Wildman–Crippen MR) is 63.6 cm³/mol. The van der Waals surface area contributed by atoms with Gasteiger partial charge >= 0.3 is 6.03 Å². The second-order valence-electron chi connectivity index (χ2n) is 4.03. The monoisotopic (exact) mass is 230 g/mol. The highest BCUT2D eigenvalue weighted by atomic mass is 16.2. The average Bonchev–Trinajstić information content (AvgIpc) is 2.91.